The summed E-state index contributed by atoms with van der Waals surface area (Å²) in [6, 6.07) is 0. The van der Waals surface area contributed by atoms with Gasteiger partial charge in [0.2, 0.25) is 0 Å². The maximum atomic E-state index is 8.53. The summed E-state index contributed by atoms with van der Waals surface area (Å²) in [6.45, 7) is 9.99. The molecule has 0 radical (unpaired) electrons. The maximum absolute atomic E-state index is 8.53. The number of ether oxygens (including phenoxy) is 2. The lowest BCUT2D eigenvalue weighted by molar-refractivity contribution is 0.0727. The summed E-state index contributed by atoms with van der Waals surface area (Å²) in [5.74, 6) is 0. The van der Waals surface area contributed by atoms with E-state index in [0.717, 1.165) is 39.1 Å². The van der Waals surface area contributed by atoms with Crippen molar-refractivity contribution in [3.63, 3.8) is 0 Å². The predicted octanol–water partition coefficient (Wildman–Crippen LogP) is 2.62. The fourth-order valence-electron chi connectivity index (χ4n) is 1.34. The molecule has 3 nitrogen and oxygen atoms in total. The molecular weight excluding hydrogens is 204 g/mol. The molecule has 0 aliphatic rings. The number of hydrogen-bond donors (Lipinski definition) is 1. The third-order valence-electron chi connectivity index (χ3n) is 2.24. The third kappa shape index (κ3) is 13.9. The van der Waals surface area contributed by atoms with Crippen LogP contribution < -0.4 is 0 Å². The molecule has 0 aliphatic carbocycles. The van der Waals surface area contributed by atoms with E-state index in [1.807, 2.05) is 0 Å². The van der Waals surface area contributed by atoms with Gasteiger partial charge in [-0.3, -0.25) is 0 Å². The van der Waals surface area contributed by atoms with E-state index in [9.17, 15) is 0 Å². The standard InChI is InChI=1S/C13H28O3/c1-13(2,3)7-4-9-15-11-6-12-16-10-5-8-14/h14H,4-12H2,1-3H3. The van der Waals surface area contributed by atoms with Gasteiger partial charge in [0.1, 0.15) is 0 Å². The first-order valence-electron chi connectivity index (χ1n) is 6.32. The second-order valence-corrected chi connectivity index (χ2v) is 5.32. The van der Waals surface area contributed by atoms with Crippen LogP contribution in [0.2, 0.25) is 0 Å². The van der Waals surface area contributed by atoms with Crippen LogP contribution in [0.1, 0.15) is 46.5 Å². The van der Waals surface area contributed by atoms with E-state index >= 15 is 0 Å². The van der Waals surface area contributed by atoms with Crippen LogP contribution in [-0.2, 0) is 9.47 Å². The topological polar surface area (TPSA) is 38.7 Å². The third-order valence-corrected chi connectivity index (χ3v) is 2.24. The molecule has 0 aromatic carbocycles. The van der Waals surface area contributed by atoms with Crippen molar-refractivity contribution >= 4 is 0 Å². The van der Waals surface area contributed by atoms with Crippen molar-refractivity contribution in [3.8, 4) is 0 Å². The van der Waals surface area contributed by atoms with Crippen LogP contribution >= 0.6 is 0 Å². The van der Waals surface area contributed by atoms with E-state index in [2.05, 4.69) is 20.8 Å². The molecule has 0 rings (SSSR count). The highest BCUT2D eigenvalue weighted by Gasteiger charge is 2.08. The zero-order valence-corrected chi connectivity index (χ0v) is 11.1. The molecule has 0 saturated heterocycles. The Morgan fingerprint density at radius 1 is 0.812 bits per heavy atom. The molecule has 0 atom stereocenters. The lowest BCUT2D eigenvalue weighted by Gasteiger charge is -2.17. The van der Waals surface area contributed by atoms with Crippen LogP contribution in [0, 0.1) is 5.41 Å². The molecular formula is C13H28O3. The van der Waals surface area contributed by atoms with Gasteiger partial charge in [-0.05, 0) is 31.1 Å². The van der Waals surface area contributed by atoms with E-state index in [4.69, 9.17) is 14.6 Å². The normalized spacial score (nSPS) is 12.0. The Balaban J connectivity index is 2.99. The molecule has 16 heavy (non-hydrogen) atoms. The molecule has 0 saturated carbocycles. The monoisotopic (exact) mass is 232 g/mol. The van der Waals surface area contributed by atoms with E-state index in [-0.39, 0.29) is 6.61 Å². The van der Waals surface area contributed by atoms with Crippen LogP contribution in [0.15, 0.2) is 0 Å². The average molecular weight is 232 g/mol. The van der Waals surface area contributed by atoms with Crippen molar-refractivity contribution in [1.82, 2.24) is 0 Å². The predicted molar refractivity (Wildman–Crippen MR) is 66.6 cm³/mol. The largest absolute Gasteiger partial charge is 0.396 e. The first kappa shape index (κ1) is 15.9. The SMILES string of the molecule is CC(C)(C)CCCOCCCOCCCO. The molecule has 1 N–H and O–H groups in total. The van der Waals surface area contributed by atoms with Crippen molar-refractivity contribution in [2.24, 2.45) is 5.41 Å². The van der Waals surface area contributed by atoms with Gasteiger partial charge in [-0.1, -0.05) is 20.8 Å². The van der Waals surface area contributed by atoms with Crippen molar-refractivity contribution in [1.29, 1.82) is 0 Å². The van der Waals surface area contributed by atoms with Gasteiger partial charge >= 0.3 is 0 Å². The van der Waals surface area contributed by atoms with Gasteiger partial charge in [-0.15, -0.1) is 0 Å². The Kier molecular flexibility index (Phi) is 9.99. The lowest BCUT2D eigenvalue weighted by atomic mass is 9.91. The quantitative estimate of drug-likeness (QED) is 0.588. The zero-order chi connectivity index (χ0) is 12.3. The fourth-order valence-corrected chi connectivity index (χ4v) is 1.34. The van der Waals surface area contributed by atoms with E-state index in [1.165, 1.54) is 6.42 Å². The van der Waals surface area contributed by atoms with Gasteiger partial charge < -0.3 is 14.6 Å². The molecule has 0 aliphatic heterocycles. The molecule has 0 bridgehead atoms. The van der Waals surface area contributed by atoms with E-state index in [0.29, 0.717) is 12.0 Å². The van der Waals surface area contributed by atoms with Gasteiger partial charge in [-0.2, -0.15) is 0 Å². The molecule has 0 fully saturated rings. The second-order valence-electron chi connectivity index (χ2n) is 5.32. The summed E-state index contributed by atoms with van der Waals surface area (Å²) in [4.78, 5) is 0. The highest BCUT2D eigenvalue weighted by Crippen LogP contribution is 2.20. The minimum Gasteiger partial charge on any atom is -0.396 e. The highest BCUT2D eigenvalue weighted by atomic mass is 16.5. The zero-order valence-electron chi connectivity index (χ0n) is 11.1. The van der Waals surface area contributed by atoms with E-state index < -0.39 is 0 Å². The number of aliphatic hydroxyl groups excluding tert-OH is 1. The molecule has 3 heteroatoms. The Labute approximate surface area is 100 Å². The molecule has 0 unspecified atom stereocenters. The molecule has 0 spiro atoms. The molecule has 0 heterocycles. The van der Waals surface area contributed by atoms with Gasteiger partial charge in [0, 0.05) is 33.0 Å². The Morgan fingerprint density at radius 3 is 1.81 bits per heavy atom. The summed E-state index contributed by atoms with van der Waals surface area (Å²) < 4.78 is 10.8. The van der Waals surface area contributed by atoms with Gasteiger partial charge in [0.25, 0.3) is 0 Å². The minimum absolute atomic E-state index is 0.212. The fraction of sp³-hybridized carbons (Fsp3) is 1.00. The van der Waals surface area contributed by atoms with Crippen LogP contribution in [0.25, 0.3) is 0 Å². The summed E-state index contributed by atoms with van der Waals surface area (Å²) >= 11 is 0. The molecule has 0 amide bonds. The summed E-state index contributed by atoms with van der Waals surface area (Å²) in [7, 11) is 0. The highest BCUT2D eigenvalue weighted by molar-refractivity contribution is 4.60. The van der Waals surface area contributed by atoms with Gasteiger partial charge in [0.15, 0.2) is 0 Å². The van der Waals surface area contributed by atoms with Crippen LogP contribution in [0.5, 0.6) is 0 Å². The summed E-state index contributed by atoms with van der Waals surface area (Å²) in [6.07, 6.45) is 4.02. The second kappa shape index (κ2) is 10.1. The van der Waals surface area contributed by atoms with Crippen LogP contribution in [-0.4, -0.2) is 38.1 Å². The van der Waals surface area contributed by atoms with Gasteiger partial charge in [0.05, 0.1) is 0 Å². The molecule has 98 valence electrons. The number of aliphatic hydroxyl groups is 1. The molecule has 0 aromatic rings. The maximum Gasteiger partial charge on any atom is 0.0488 e. The summed E-state index contributed by atoms with van der Waals surface area (Å²) in [5, 5.41) is 8.53. The average Bonchev–Trinajstić information content (AvgIpc) is 2.19. The summed E-state index contributed by atoms with van der Waals surface area (Å²) in [5.41, 5.74) is 0.413. The first-order valence-corrected chi connectivity index (χ1v) is 6.32. The van der Waals surface area contributed by atoms with Crippen molar-refractivity contribution < 1.29 is 14.6 Å². The number of rotatable bonds is 10. The Bertz CT molecular complexity index is 141. The van der Waals surface area contributed by atoms with Crippen molar-refractivity contribution in [2.75, 3.05) is 33.0 Å². The Morgan fingerprint density at radius 2 is 1.31 bits per heavy atom. The van der Waals surface area contributed by atoms with Crippen molar-refractivity contribution in [3.05, 3.63) is 0 Å². The first-order chi connectivity index (χ1) is 7.56. The lowest BCUT2D eigenvalue weighted by Crippen LogP contribution is -2.08. The van der Waals surface area contributed by atoms with Crippen LogP contribution in [0.3, 0.4) is 0 Å². The van der Waals surface area contributed by atoms with Crippen molar-refractivity contribution in [2.45, 2.75) is 46.5 Å². The van der Waals surface area contributed by atoms with Gasteiger partial charge in [-0.25, -0.2) is 0 Å². The minimum atomic E-state index is 0.212. The number of hydrogen-bond acceptors (Lipinski definition) is 3. The Hall–Kier alpha value is -0.120. The van der Waals surface area contributed by atoms with Crippen LogP contribution in [0.4, 0.5) is 0 Å². The van der Waals surface area contributed by atoms with E-state index in [1.54, 1.807) is 0 Å². The molecule has 0 aromatic heterocycles. The smallest absolute Gasteiger partial charge is 0.0488 e.